The summed E-state index contributed by atoms with van der Waals surface area (Å²) in [6.45, 7) is 0. The van der Waals surface area contributed by atoms with Crippen molar-refractivity contribution in [2.24, 2.45) is 0 Å². The summed E-state index contributed by atoms with van der Waals surface area (Å²) < 4.78 is 13.8. The summed E-state index contributed by atoms with van der Waals surface area (Å²) in [6.07, 6.45) is -0.221. The molecule has 0 atom stereocenters. The molecule has 0 aliphatic rings. The normalized spacial score (nSPS) is 9.80. The first kappa shape index (κ1) is 13.6. The minimum atomic E-state index is -1.01. The number of hydrogen-bond acceptors (Lipinski definition) is 3. The van der Waals surface area contributed by atoms with Crippen LogP contribution in [0.3, 0.4) is 0 Å². The van der Waals surface area contributed by atoms with Gasteiger partial charge in [-0.25, -0.2) is 4.39 Å². The third-order valence-corrected chi connectivity index (χ3v) is 2.66. The van der Waals surface area contributed by atoms with E-state index >= 15 is 0 Å². The number of nitriles is 1. The standard InChI is InChI=1S/C15H11FN2O2/c16-13-7-10(8-15(19)20)4-5-14(13)18-12-3-1-2-11(6-12)9-17/h1-7,18H,8H2,(H,19,20). The van der Waals surface area contributed by atoms with Crippen molar-refractivity contribution in [2.75, 3.05) is 5.32 Å². The Morgan fingerprint density at radius 3 is 2.75 bits per heavy atom. The van der Waals surface area contributed by atoms with Crippen molar-refractivity contribution in [1.29, 1.82) is 5.26 Å². The van der Waals surface area contributed by atoms with Crippen LogP contribution in [0.5, 0.6) is 0 Å². The molecule has 20 heavy (non-hydrogen) atoms. The molecule has 0 spiro atoms. The zero-order valence-electron chi connectivity index (χ0n) is 10.4. The van der Waals surface area contributed by atoms with E-state index in [1.807, 2.05) is 6.07 Å². The van der Waals surface area contributed by atoms with Crippen LogP contribution in [0.25, 0.3) is 0 Å². The van der Waals surface area contributed by atoms with Gasteiger partial charge in [0.25, 0.3) is 0 Å². The van der Waals surface area contributed by atoms with E-state index < -0.39 is 11.8 Å². The van der Waals surface area contributed by atoms with Gasteiger partial charge < -0.3 is 10.4 Å². The van der Waals surface area contributed by atoms with Crippen molar-refractivity contribution in [3.8, 4) is 6.07 Å². The summed E-state index contributed by atoms with van der Waals surface area (Å²) in [4.78, 5) is 10.6. The largest absolute Gasteiger partial charge is 0.481 e. The Hall–Kier alpha value is -2.87. The zero-order chi connectivity index (χ0) is 14.5. The Balaban J connectivity index is 2.21. The van der Waals surface area contributed by atoms with Crippen LogP contribution in [-0.2, 0) is 11.2 Å². The van der Waals surface area contributed by atoms with Gasteiger partial charge in [-0.2, -0.15) is 5.26 Å². The van der Waals surface area contributed by atoms with Crippen LogP contribution in [0.2, 0.25) is 0 Å². The van der Waals surface area contributed by atoms with Crippen LogP contribution in [0, 0.1) is 17.1 Å². The summed E-state index contributed by atoms with van der Waals surface area (Å²) in [6, 6.07) is 12.9. The van der Waals surface area contributed by atoms with Crippen LogP contribution in [0.4, 0.5) is 15.8 Å². The highest BCUT2D eigenvalue weighted by molar-refractivity contribution is 5.71. The van der Waals surface area contributed by atoms with E-state index in [0.717, 1.165) is 0 Å². The second kappa shape index (κ2) is 5.85. The number of halogens is 1. The number of carboxylic acid groups (broad SMARTS) is 1. The van der Waals surface area contributed by atoms with Gasteiger partial charge in [-0.1, -0.05) is 12.1 Å². The fourth-order valence-corrected chi connectivity index (χ4v) is 1.77. The predicted molar refractivity (Wildman–Crippen MR) is 72.2 cm³/mol. The molecule has 0 aliphatic heterocycles. The van der Waals surface area contributed by atoms with Crippen molar-refractivity contribution in [3.63, 3.8) is 0 Å². The Bertz CT molecular complexity index is 693. The third-order valence-electron chi connectivity index (χ3n) is 2.66. The molecular formula is C15H11FN2O2. The lowest BCUT2D eigenvalue weighted by Gasteiger charge is -2.09. The maximum Gasteiger partial charge on any atom is 0.307 e. The first-order valence-electron chi connectivity index (χ1n) is 5.86. The highest BCUT2D eigenvalue weighted by Crippen LogP contribution is 2.21. The van der Waals surface area contributed by atoms with Gasteiger partial charge in [-0.05, 0) is 35.9 Å². The SMILES string of the molecule is N#Cc1cccc(Nc2ccc(CC(=O)O)cc2F)c1. The van der Waals surface area contributed by atoms with Crippen LogP contribution < -0.4 is 5.32 Å². The number of nitrogens with one attached hydrogen (secondary N) is 1. The highest BCUT2D eigenvalue weighted by atomic mass is 19.1. The molecule has 2 N–H and O–H groups in total. The molecular weight excluding hydrogens is 259 g/mol. The molecule has 4 nitrogen and oxygen atoms in total. The van der Waals surface area contributed by atoms with Crippen molar-refractivity contribution in [2.45, 2.75) is 6.42 Å². The van der Waals surface area contributed by atoms with E-state index in [4.69, 9.17) is 10.4 Å². The molecule has 2 aromatic carbocycles. The van der Waals surface area contributed by atoms with Crippen LogP contribution >= 0.6 is 0 Å². The van der Waals surface area contributed by atoms with E-state index in [9.17, 15) is 9.18 Å². The smallest absolute Gasteiger partial charge is 0.307 e. The highest BCUT2D eigenvalue weighted by Gasteiger charge is 2.07. The topological polar surface area (TPSA) is 73.1 Å². The van der Waals surface area contributed by atoms with Gasteiger partial charge >= 0.3 is 5.97 Å². The third kappa shape index (κ3) is 3.33. The number of anilines is 2. The van der Waals surface area contributed by atoms with Gasteiger partial charge in [0.15, 0.2) is 0 Å². The number of hydrogen-bond donors (Lipinski definition) is 2. The second-order valence-corrected chi connectivity index (χ2v) is 4.20. The lowest BCUT2D eigenvalue weighted by molar-refractivity contribution is -0.136. The molecule has 0 unspecified atom stereocenters. The van der Waals surface area contributed by atoms with Gasteiger partial charge in [0.2, 0.25) is 0 Å². The van der Waals surface area contributed by atoms with Crippen LogP contribution in [0.15, 0.2) is 42.5 Å². The molecule has 0 aliphatic carbocycles. The van der Waals surface area contributed by atoms with Crippen molar-refractivity contribution >= 4 is 17.3 Å². The Morgan fingerprint density at radius 1 is 1.30 bits per heavy atom. The van der Waals surface area contributed by atoms with E-state index in [2.05, 4.69) is 5.32 Å². The molecule has 5 heteroatoms. The molecule has 0 radical (unpaired) electrons. The first-order valence-corrected chi connectivity index (χ1v) is 5.86. The van der Waals surface area contributed by atoms with Gasteiger partial charge in [0, 0.05) is 5.69 Å². The molecule has 2 rings (SSSR count). The number of nitrogens with zero attached hydrogens (tertiary/aromatic N) is 1. The van der Waals surface area contributed by atoms with E-state index in [1.54, 1.807) is 30.3 Å². The minimum Gasteiger partial charge on any atom is -0.481 e. The molecule has 2 aromatic rings. The lowest BCUT2D eigenvalue weighted by Crippen LogP contribution is -2.01. The summed E-state index contributed by atoms with van der Waals surface area (Å²) >= 11 is 0. The Kier molecular flexibility index (Phi) is 3.96. The van der Waals surface area contributed by atoms with E-state index in [1.165, 1.54) is 12.1 Å². The summed E-state index contributed by atoms with van der Waals surface area (Å²) in [5.41, 5.74) is 1.69. The first-order chi connectivity index (χ1) is 9.58. The van der Waals surface area contributed by atoms with E-state index in [-0.39, 0.29) is 12.1 Å². The average Bonchev–Trinajstić information content (AvgIpc) is 2.41. The Morgan fingerprint density at radius 2 is 2.10 bits per heavy atom. The van der Waals surface area contributed by atoms with Crippen LogP contribution in [-0.4, -0.2) is 11.1 Å². The average molecular weight is 270 g/mol. The molecule has 0 fully saturated rings. The minimum absolute atomic E-state index is 0.221. The number of carboxylic acids is 1. The molecule has 0 amide bonds. The van der Waals surface area contributed by atoms with Gasteiger partial charge in [0.1, 0.15) is 5.82 Å². The van der Waals surface area contributed by atoms with Gasteiger partial charge in [0.05, 0.1) is 23.7 Å². The fraction of sp³-hybridized carbons (Fsp3) is 0.0667. The maximum atomic E-state index is 13.8. The molecule has 0 heterocycles. The summed E-state index contributed by atoms with van der Waals surface area (Å²) in [7, 11) is 0. The second-order valence-electron chi connectivity index (χ2n) is 4.20. The molecule has 0 bridgehead atoms. The predicted octanol–water partition coefficient (Wildman–Crippen LogP) is 3.07. The lowest BCUT2D eigenvalue weighted by atomic mass is 10.1. The van der Waals surface area contributed by atoms with Crippen molar-refractivity contribution < 1.29 is 14.3 Å². The molecule has 100 valence electrons. The van der Waals surface area contributed by atoms with Crippen molar-refractivity contribution in [3.05, 3.63) is 59.4 Å². The molecule has 0 aromatic heterocycles. The number of rotatable bonds is 4. The van der Waals surface area contributed by atoms with E-state index in [0.29, 0.717) is 16.8 Å². The zero-order valence-corrected chi connectivity index (χ0v) is 10.4. The number of aliphatic carboxylic acids is 1. The quantitative estimate of drug-likeness (QED) is 0.895. The maximum absolute atomic E-state index is 13.8. The number of benzene rings is 2. The monoisotopic (exact) mass is 270 g/mol. The van der Waals surface area contributed by atoms with Crippen LogP contribution in [0.1, 0.15) is 11.1 Å². The summed E-state index contributed by atoms with van der Waals surface area (Å²) in [5.74, 6) is -1.54. The summed E-state index contributed by atoms with van der Waals surface area (Å²) in [5, 5.41) is 20.3. The Labute approximate surface area is 115 Å². The van der Waals surface area contributed by atoms with Gasteiger partial charge in [-0.3, -0.25) is 4.79 Å². The number of carbonyl (C=O) groups is 1. The van der Waals surface area contributed by atoms with Gasteiger partial charge in [-0.15, -0.1) is 0 Å². The molecule has 0 saturated heterocycles. The molecule has 0 saturated carbocycles. The fourth-order valence-electron chi connectivity index (χ4n) is 1.77. The van der Waals surface area contributed by atoms with Crippen molar-refractivity contribution in [1.82, 2.24) is 0 Å².